The van der Waals surface area contributed by atoms with Gasteiger partial charge in [0.2, 0.25) is 0 Å². The molecule has 1 saturated carbocycles. The van der Waals surface area contributed by atoms with Gasteiger partial charge in [-0.05, 0) is 77.4 Å². The van der Waals surface area contributed by atoms with Gasteiger partial charge in [-0.15, -0.1) is 0 Å². The molecule has 0 bridgehead atoms. The van der Waals surface area contributed by atoms with E-state index in [0.29, 0.717) is 12.1 Å². The summed E-state index contributed by atoms with van der Waals surface area (Å²) in [4.78, 5) is 2.65. The minimum Gasteiger partial charge on any atom is -0.311 e. The van der Waals surface area contributed by atoms with Crippen LogP contribution in [0, 0.1) is 11.8 Å². The Balaban J connectivity index is 1.72. The summed E-state index contributed by atoms with van der Waals surface area (Å²) in [6.45, 7) is 11.1. The molecule has 1 heterocycles. The molecule has 21 heavy (non-hydrogen) atoms. The van der Waals surface area contributed by atoms with Crippen molar-refractivity contribution in [2.24, 2.45) is 11.8 Å². The highest BCUT2D eigenvalue weighted by atomic mass is 15.1. The van der Waals surface area contributed by atoms with Crippen LogP contribution in [0.1, 0.15) is 78.6 Å². The second-order valence-electron chi connectivity index (χ2n) is 7.67. The van der Waals surface area contributed by atoms with Crippen LogP contribution in [0.5, 0.6) is 0 Å². The van der Waals surface area contributed by atoms with Crippen molar-refractivity contribution in [1.29, 1.82) is 0 Å². The lowest BCUT2D eigenvalue weighted by Crippen LogP contribution is -2.46. The summed E-state index contributed by atoms with van der Waals surface area (Å²) >= 11 is 0. The SMILES string of the molecule is CCCN1CCC(C(C)N[C@@H](C)C2CCCCCC2)CC1. The van der Waals surface area contributed by atoms with Crippen molar-refractivity contribution in [3.05, 3.63) is 0 Å². The summed E-state index contributed by atoms with van der Waals surface area (Å²) in [7, 11) is 0. The highest BCUT2D eigenvalue weighted by Gasteiger charge is 2.26. The van der Waals surface area contributed by atoms with Crippen LogP contribution in [0.2, 0.25) is 0 Å². The van der Waals surface area contributed by atoms with Crippen molar-refractivity contribution in [2.75, 3.05) is 19.6 Å². The van der Waals surface area contributed by atoms with Gasteiger partial charge in [0.25, 0.3) is 0 Å². The first-order valence-electron chi connectivity index (χ1n) is 9.69. The zero-order valence-electron chi connectivity index (χ0n) is 14.7. The standard InChI is InChI=1S/C19H38N2/c1-4-13-21-14-11-19(12-15-21)17(3)20-16(2)18-9-7-5-6-8-10-18/h16-20H,4-15H2,1-3H3/t16-,17?/m0/s1. The maximum atomic E-state index is 3.98. The highest BCUT2D eigenvalue weighted by molar-refractivity contribution is 4.83. The largest absolute Gasteiger partial charge is 0.311 e. The molecule has 0 spiro atoms. The lowest BCUT2D eigenvalue weighted by Gasteiger charge is -2.37. The Hall–Kier alpha value is -0.0800. The molecule has 1 unspecified atom stereocenters. The minimum atomic E-state index is 0.701. The number of piperidine rings is 1. The van der Waals surface area contributed by atoms with Gasteiger partial charge in [-0.25, -0.2) is 0 Å². The predicted octanol–water partition coefficient (Wildman–Crippen LogP) is 4.45. The van der Waals surface area contributed by atoms with E-state index < -0.39 is 0 Å². The number of hydrogen-bond acceptors (Lipinski definition) is 2. The molecule has 0 aromatic carbocycles. The quantitative estimate of drug-likeness (QED) is 0.728. The van der Waals surface area contributed by atoms with Crippen LogP contribution in [-0.2, 0) is 0 Å². The minimum absolute atomic E-state index is 0.701. The third-order valence-corrected chi connectivity index (χ3v) is 6.01. The molecule has 2 fully saturated rings. The van der Waals surface area contributed by atoms with Crippen LogP contribution in [0.3, 0.4) is 0 Å². The van der Waals surface area contributed by atoms with Crippen molar-refractivity contribution in [2.45, 2.75) is 90.6 Å². The number of nitrogens with zero attached hydrogens (tertiary/aromatic N) is 1. The normalized spacial score (nSPS) is 26.4. The van der Waals surface area contributed by atoms with Gasteiger partial charge in [-0.1, -0.05) is 32.6 Å². The van der Waals surface area contributed by atoms with Gasteiger partial charge in [0.05, 0.1) is 0 Å². The van der Waals surface area contributed by atoms with Crippen LogP contribution in [0.25, 0.3) is 0 Å². The molecule has 0 aromatic rings. The van der Waals surface area contributed by atoms with Crippen molar-refractivity contribution >= 4 is 0 Å². The molecule has 124 valence electrons. The van der Waals surface area contributed by atoms with Crippen molar-refractivity contribution < 1.29 is 0 Å². The first-order chi connectivity index (χ1) is 10.2. The van der Waals surface area contributed by atoms with Crippen molar-refractivity contribution in [3.8, 4) is 0 Å². The monoisotopic (exact) mass is 294 g/mol. The van der Waals surface area contributed by atoms with E-state index in [1.54, 1.807) is 0 Å². The zero-order valence-corrected chi connectivity index (χ0v) is 14.7. The molecule has 1 aliphatic carbocycles. The summed E-state index contributed by atoms with van der Waals surface area (Å²) in [5, 5.41) is 3.98. The van der Waals surface area contributed by atoms with Crippen molar-refractivity contribution in [3.63, 3.8) is 0 Å². The summed E-state index contributed by atoms with van der Waals surface area (Å²) in [5.74, 6) is 1.82. The maximum absolute atomic E-state index is 3.98. The average Bonchev–Trinajstić information content (AvgIpc) is 2.77. The van der Waals surface area contributed by atoms with Crippen molar-refractivity contribution in [1.82, 2.24) is 10.2 Å². The van der Waals surface area contributed by atoms with E-state index in [4.69, 9.17) is 0 Å². The molecule has 0 aromatic heterocycles. The van der Waals surface area contributed by atoms with Gasteiger partial charge in [-0.3, -0.25) is 0 Å². The second-order valence-corrected chi connectivity index (χ2v) is 7.67. The molecule has 2 rings (SSSR count). The number of rotatable bonds is 6. The summed E-state index contributed by atoms with van der Waals surface area (Å²) in [5.41, 5.74) is 0. The Morgan fingerprint density at radius 1 is 0.857 bits per heavy atom. The zero-order chi connectivity index (χ0) is 15.1. The fourth-order valence-electron chi connectivity index (χ4n) is 4.49. The van der Waals surface area contributed by atoms with E-state index in [-0.39, 0.29) is 0 Å². The fourth-order valence-corrected chi connectivity index (χ4v) is 4.49. The van der Waals surface area contributed by atoms with Crippen LogP contribution in [0.15, 0.2) is 0 Å². The Morgan fingerprint density at radius 2 is 1.38 bits per heavy atom. The van der Waals surface area contributed by atoms with Crippen LogP contribution < -0.4 is 5.32 Å². The molecule has 0 amide bonds. The molecule has 1 aliphatic heterocycles. The first kappa shape index (κ1) is 17.3. The molecular formula is C19H38N2. The number of hydrogen-bond donors (Lipinski definition) is 1. The molecule has 2 aliphatic rings. The third kappa shape index (κ3) is 5.56. The van der Waals surface area contributed by atoms with E-state index in [0.717, 1.165) is 11.8 Å². The van der Waals surface area contributed by atoms with Crippen LogP contribution in [-0.4, -0.2) is 36.6 Å². The Bertz CT molecular complexity index is 263. The molecular weight excluding hydrogens is 256 g/mol. The first-order valence-corrected chi connectivity index (χ1v) is 9.69. The van der Waals surface area contributed by atoms with E-state index >= 15 is 0 Å². The van der Waals surface area contributed by atoms with Gasteiger partial charge in [0, 0.05) is 12.1 Å². The molecule has 1 saturated heterocycles. The predicted molar refractivity (Wildman–Crippen MR) is 92.7 cm³/mol. The fraction of sp³-hybridized carbons (Fsp3) is 1.00. The molecule has 2 nitrogen and oxygen atoms in total. The average molecular weight is 295 g/mol. The number of nitrogens with one attached hydrogen (secondary N) is 1. The lowest BCUT2D eigenvalue weighted by molar-refractivity contribution is 0.153. The maximum Gasteiger partial charge on any atom is 0.00705 e. The van der Waals surface area contributed by atoms with Gasteiger partial charge < -0.3 is 10.2 Å². The molecule has 0 radical (unpaired) electrons. The second kappa shape index (κ2) is 9.15. The summed E-state index contributed by atoms with van der Waals surface area (Å²) in [6, 6.07) is 1.42. The van der Waals surface area contributed by atoms with Gasteiger partial charge in [-0.2, -0.15) is 0 Å². The highest BCUT2D eigenvalue weighted by Crippen LogP contribution is 2.27. The topological polar surface area (TPSA) is 15.3 Å². The third-order valence-electron chi connectivity index (χ3n) is 6.01. The lowest BCUT2D eigenvalue weighted by atomic mass is 9.87. The smallest absolute Gasteiger partial charge is 0.00705 e. The molecule has 2 heteroatoms. The Kier molecular flexibility index (Phi) is 7.53. The Morgan fingerprint density at radius 3 is 1.90 bits per heavy atom. The van der Waals surface area contributed by atoms with Gasteiger partial charge in [0.1, 0.15) is 0 Å². The molecule has 1 N–H and O–H groups in total. The van der Waals surface area contributed by atoms with Crippen LogP contribution >= 0.6 is 0 Å². The van der Waals surface area contributed by atoms with E-state index in [1.165, 1.54) is 77.4 Å². The van der Waals surface area contributed by atoms with Gasteiger partial charge >= 0.3 is 0 Å². The van der Waals surface area contributed by atoms with Gasteiger partial charge in [0.15, 0.2) is 0 Å². The summed E-state index contributed by atoms with van der Waals surface area (Å²) in [6.07, 6.45) is 12.9. The summed E-state index contributed by atoms with van der Waals surface area (Å²) < 4.78 is 0. The van der Waals surface area contributed by atoms with E-state index in [2.05, 4.69) is 31.0 Å². The Labute approximate surface area is 133 Å². The van der Waals surface area contributed by atoms with Crippen LogP contribution in [0.4, 0.5) is 0 Å². The van der Waals surface area contributed by atoms with E-state index in [1.807, 2.05) is 0 Å². The van der Waals surface area contributed by atoms with E-state index in [9.17, 15) is 0 Å². The number of likely N-dealkylation sites (tertiary alicyclic amines) is 1. The molecule has 2 atom stereocenters.